The van der Waals surface area contributed by atoms with Crippen LogP contribution in [0.15, 0.2) is 12.2 Å². The number of rotatable bonds is 3. The van der Waals surface area contributed by atoms with Crippen LogP contribution in [0, 0.1) is 28.1 Å². The van der Waals surface area contributed by atoms with Crippen LogP contribution >= 0.6 is 0 Å². The van der Waals surface area contributed by atoms with E-state index < -0.39 is 42.9 Å². The SMILES string of the molecule is C=C1CC23CCC4C(C)(C)CC(OC5OC(CO)C(O)C(O)C5O)CC4(C)C2CCC1(O)C3. The van der Waals surface area contributed by atoms with E-state index in [1.165, 1.54) is 0 Å². The van der Waals surface area contributed by atoms with Gasteiger partial charge in [-0.3, -0.25) is 0 Å². The lowest BCUT2D eigenvalue weighted by atomic mass is 9.40. The van der Waals surface area contributed by atoms with Gasteiger partial charge in [0.15, 0.2) is 6.29 Å². The summed E-state index contributed by atoms with van der Waals surface area (Å²) in [6.07, 6.45) is 0.991. The number of hydrogen-bond donors (Lipinski definition) is 5. The highest BCUT2D eigenvalue weighted by atomic mass is 16.7. The fraction of sp³-hybridized carbons (Fsp3) is 0.923. The summed E-state index contributed by atoms with van der Waals surface area (Å²) in [6.45, 7) is 10.8. The van der Waals surface area contributed by atoms with Gasteiger partial charge in [-0.1, -0.05) is 27.4 Å². The molecule has 11 atom stereocenters. The van der Waals surface area contributed by atoms with Gasteiger partial charge < -0.3 is 35.0 Å². The summed E-state index contributed by atoms with van der Waals surface area (Å²) < 4.78 is 12.0. The van der Waals surface area contributed by atoms with Crippen LogP contribution in [-0.2, 0) is 9.47 Å². The Morgan fingerprint density at radius 3 is 2.39 bits per heavy atom. The largest absolute Gasteiger partial charge is 0.394 e. The van der Waals surface area contributed by atoms with Gasteiger partial charge in [0.2, 0.25) is 0 Å². The predicted molar refractivity (Wildman–Crippen MR) is 121 cm³/mol. The van der Waals surface area contributed by atoms with E-state index in [-0.39, 0.29) is 22.3 Å². The Labute approximate surface area is 196 Å². The molecular formula is C26H42O7. The molecule has 1 heterocycles. The lowest BCUT2D eigenvalue weighted by molar-refractivity contribution is -0.322. The molecule has 5 rings (SSSR count). The maximum absolute atomic E-state index is 11.2. The maximum Gasteiger partial charge on any atom is 0.186 e. The third-order valence-corrected chi connectivity index (χ3v) is 10.5. The van der Waals surface area contributed by atoms with Crippen molar-refractivity contribution in [2.24, 2.45) is 28.1 Å². The molecule has 5 aliphatic rings. The Morgan fingerprint density at radius 1 is 1.00 bits per heavy atom. The van der Waals surface area contributed by atoms with Gasteiger partial charge in [0.05, 0.1) is 18.3 Å². The fourth-order valence-corrected chi connectivity index (χ4v) is 9.27. The highest BCUT2D eigenvalue weighted by molar-refractivity contribution is 5.29. The van der Waals surface area contributed by atoms with Crippen LogP contribution in [0.3, 0.4) is 0 Å². The molecule has 5 fully saturated rings. The minimum absolute atomic E-state index is 0.0186. The van der Waals surface area contributed by atoms with Crippen LogP contribution in [0.5, 0.6) is 0 Å². The minimum Gasteiger partial charge on any atom is -0.394 e. The fourth-order valence-electron chi connectivity index (χ4n) is 9.27. The highest BCUT2D eigenvalue weighted by Crippen LogP contribution is 2.73. The molecule has 0 radical (unpaired) electrons. The summed E-state index contributed by atoms with van der Waals surface area (Å²) in [6, 6.07) is 0. The monoisotopic (exact) mass is 466 g/mol. The standard InChI is InChI=1S/C26H42O7/c1-14-9-25-7-5-17-23(2,3)10-15(11-24(17,4)18(25)6-8-26(14,31)13-25)32-22-21(30)20(29)19(28)16(12-27)33-22/h15-22,27-31H,1,5-13H2,2-4H3. The van der Waals surface area contributed by atoms with Crippen LogP contribution in [0.4, 0.5) is 0 Å². The van der Waals surface area contributed by atoms with E-state index in [4.69, 9.17) is 9.47 Å². The van der Waals surface area contributed by atoms with Gasteiger partial charge in [-0.25, -0.2) is 0 Å². The number of fused-ring (bicyclic) bond motifs is 3. The third-order valence-electron chi connectivity index (χ3n) is 10.5. The first kappa shape index (κ1) is 24.2. The summed E-state index contributed by atoms with van der Waals surface area (Å²) in [5.41, 5.74) is 0.463. The summed E-state index contributed by atoms with van der Waals surface area (Å²) in [7, 11) is 0. The first-order chi connectivity index (χ1) is 15.4. The van der Waals surface area contributed by atoms with E-state index in [2.05, 4.69) is 27.4 Å². The quantitative estimate of drug-likeness (QED) is 0.318. The normalized spacial score (nSPS) is 55.7. The lowest BCUT2D eigenvalue weighted by Gasteiger charge is -2.65. The Bertz CT molecular complexity index is 798. The van der Waals surface area contributed by atoms with Gasteiger partial charge in [0.1, 0.15) is 24.4 Å². The summed E-state index contributed by atoms with van der Waals surface area (Å²) in [5.74, 6) is 1.01. The Morgan fingerprint density at radius 2 is 1.70 bits per heavy atom. The van der Waals surface area contributed by atoms with Crippen molar-refractivity contribution in [3.05, 3.63) is 12.2 Å². The smallest absolute Gasteiger partial charge is 0.186 e. The van der Waals surface area contributed by atoms with E-state index in [0.29, 0.717) is 11.8 Å². The Kier molecular flexibility index (Phi) is 5.66. The lowest BCUT2D eigenvalue weighted by Crippen LogP contribution is -2.62. The Hall–Kier alpha value is -0.540. The highest BCUT2D eigenvalue weighted by Gasteiger charge is 2.67. The number of aliphatic hydroxyl groups excluding tert-OH is 4. The molecule has 188 valence electrons. The van der Waals surface area contributed by atoms with Crippen LogP contribution in [0.2, 0.25) is 0 Å². The summed E-state index contributed by atoms with van der Waals surface area (Å²) in [5, 5.41) is 51.6. The van der Waals surface area contributed by atoms with Gasteiger partial charge in [-0.2, -0.15) is 0 Å². The van der Waals surface area contributed by atoms with Crippen molar-refractivity contribution in [1.82, 2.24) is 0 Å². The van der Waals surface area contributed by atoms with Crippen LogP contribution < -0.4 is 0 Å². The van der Waals surface area contributed by atoms with E-state index in [9.17, 15) is 25.5 Å². The van der Waals surface area contributed by atoms with Crippen LogP contribution in [0.25, 0.3) is 0 Å². The zero-order valence-electron chi connectivity index (χ0n) is 20.2. The second kappa shape index (κ2) is 7.73. The average Bonchev–Trinajstić information content (AvgIpc) is 2.90. The van der Waals surface area contributed by atoms with E-state index in [1.54, 1.807) is 0 Å². The maximum atomic E-state index is 11.2. The number of aliphatic hydroxyl groups is 5. The number of hydrogen-bond acceptors (Lipinski definition) is 7. The second-order valence-electron chi connectivity index (χ2n) is 12.9. The van der Waals surface area contributed by atoms with E-state index >= 15 is 0 Å². The molecule has 33 heavy (non-hydrogen) atoms. The van der Waals surface area contributed by atoms with Crippen LogP contribution in [0.1, 0.15) is 72.1 Å². The summed E-state index contributed by atoms with van der Waals surface area (Å²) >= 11 is 0. The minimum atomic E-state index is -1.43. The molecular weight excluding hydrogens is 424 g/mol. The molecule has 0 aromatic carbocycles. The van der Waals surface area contributed by atoms with Gasteiger partial charge >= 0.3 is 0 Å². The molecule has 4 aliphatic carbocycles. The molecule has 4 saturated carbocycles. The molecule has 2 bridgehead atoms. The zero-order valence-corrected chi connectivity index (χ0v) is 20.2. The van der Waals surface area contributed by atoms with Crippen molar-refractivity contribution in [2.45, 2.75) is 115 Å². The Balaban J connectivity index is 1.40. The zero-order chi connectivity index (χ0) is 24.0. The molecule has 1 spiro atoms. The van der Waals surface area contributed by atoms with Gasteiger partial charge in [-0.15, -0.1) is 0 Å². The second-order valence-corrected chi connectivity index (χ2v) is 12.9. The van der Waals surface area contributed by atoms with Gasteiger partial charge in [0, 0.05) is 0 Å². The molecule has 0 aromatic rings. The first-order valence-electron chi connectivity index (χ1n) is 12.7. The topological polar surface area (TPSA) is 120 Å². The third kappa shape index (κ3) is 3.49. The van der Waals surface area contributed by atoms with E-state index in [1.807, 2.05) is 0 Å². The molecule has 7 nitrogen and oxygen atoms in total. The molecule has 0 amide bonds. The van der Waals surface area contributed by atoms with Crippen molar-refractivity contribution >= 4 is 0 Å². The predicted octanol–water partition coefficient (Wildman–Crippen LogP) is 1.89. The molecule has 5 N–H and O–H groups in total. The molecule has 1 saturated heterocycles. The molecule has 11 unspecified atom stereocenters. The van der Waals surface area contributed by atoms with E-state index in [0.717, 1.165) is 56.9 Å². The van der Waals surface area contributed by atoms with Gasteiger partial charge in [-0.05, 0) is 85.0 Å². The van der Waals surface area contributed by atoms with Crippen molar-refractivity contribution in [3.8, 4) is 0 Å². The average molecular weight is 467 g/mol. The molecule has 0 aromatic heterocycles. The van der Waals surface area contributed by atoms with Gasteiger partial charge in [0.25, 0.3) is 0 Å². The number of ether oxygens (including phenoxy) is 2. The van der Waals surface area contributed by atoms with Crippen LogP contribution in [-0.4, -0.2) is 74.6 Å². The van der Waals surface area contributed by atoms with Crippen molar-refractivity contribution in [2.75, 3.05) is 6.61 Å². The van der Waals surface area contributed by atoms with Crippen molar-refractivity contribution in [1.29, 1.82) is 0 Å². The summed E-state index contributed by atoms with van der Waals surface area (Å²) in [4.78, 5) is 0. The molecule has 1 aliphatic heterocycles. The van der Waals surface area contributed by atoms with Crippen molar-refractivity contribution < 1.29 is 35.0 Å². The molecule has 7 heteroatoms. The van der Waals surface area contributed by atoms with Crippen molar-refractivity contribution in [3.63, 3.8) is 0 Å². The first-order valence-corrected chi connectivity index (χ1v) is 12.7.